The molecule has 0 bridgehead atoms. The Bertz CT molecular complexity index is 1380. The highest BCUT2D eigenvalue weighted by Gasteiger charge is 2.32. The first-order valence-electron chi connectivity index (χ1n) is 12.3. The number of anilines is 1. The third-order valence-electron chi connectivity index (χ3n) is 6.02. The molecule has 0 saturated carbocycles. The molecule has 0 spiro atoms. The zero-order valence-electron chi connectivity index (χ0n) is 22.3. The van der Waals surface area contributed by atoms with E-state index in [1.165, 1.54) is 31.2 Å². The highest BCUT2D eigenvalue weighted by atomic mass is 32.2. The predicted molar refractivity (Wildman–Crippen MR) is 146 cm³/mol. The fraction of sp³-hybridized carbons (Fsp3) is 0.286. The van der Waals surface area contributed by atoms with Gasteiger partial charge in [-0.3, -0.25) is 13.9 Å². The number of benzene rings is 3. The van der Waals surface area contributed by atoms with E-state index in [0.717, 1.165) is 28.6 Å². The SMILES string of the molecule is CCOc1ccc(N(CC(=O)N(Cc2cccc(OC)c2)[C@@H](C)C(=O)NC)S(=O)(=O)c2ccc(F)cc2)cc1. The van der Waals surface area contributed by atoms with Gasteiger partial charge in [-0.25, -0.2) is 12.8 Å². The van der Waals surface area contributed by atoms with Crippen LogP contribution < -0.4 is 19.1 Å². The summed E-state index contributed by atoms with van der Waals surface area (Å²) < 4.78 is 52.7. The largest absolute Gasteiger partial charge is 0.497 e. The number of carbonyl (C=O) groups excluding carboxylic acids is 2. The molecule has 0 fully saturated rings. The first kappa shape index (κ1) is 29.4. The molecule has 0 heterocycles. The minimum atomic E-state index is -4.30. The summed E-state index contributed by atoms with van der Waals surface area (Å²) in [6, 6.07) is 16.7. The number of hydrogen-bond acceptors (Lipinski definition) is 6. The van der Waals surface area contributed by atoms with Gasteiger partial charge in [0.2, 0.25) is 11.8 Å². The number of nitrogens with zero attached hydrogens (tertiary/aromatic N) is 2. The van der Waals surface area contributed by atoms with Crippen molar-refractivity contribution in [2.75, 3.05) is 31.6 Å². The van der Waals surface area contributed by atoms with Crippen molar-refractivity contribution in [3.05, 3.63) is 84.2 Å². The Morgan fingerprint density at radius 1 is 1.00 bits per heavy atom. The lowest BCUT2D eigenvalue weighted by molar-refractivity contribution is -0.139. The van der Waals surface area contributed by atoms with Crippen LogP contribution >= 0.6 is 0 Å². The standard InChI is InChI=1S/C28H32FN3O6S/c1-5-38-24-13-11-23(12-14-24)32(39(35,36)26-15-9-22(29)10-16-26)19-27(33)31(20(2)28(34)30-3)18-21-7-6-8-25(17-21)37-4/h6-17,20H,5,18-19H2,1-4H3,(H,30,34)/t20-/m0/s1. The Balaban J connectivity index is 2.03. The molecule has 9 nitrogen and oxygen atoms in total. The minimum absolute atomic E-state index is 0.0261. The Hall–Kier alpha value is -4.12. The second kappa shape index (κ2) is 13.1. The maximum Gasteiger partial charge on any atom is 0.264 e. The molecule has 1 N–H and O–H groups in total. The van der Waals surface area contributed by atoms with E-state index in [2.05, 4.69) is 5.32 Å². The van der Waals surface area contributed by atoms with Crippen LogP contribution in [0.5, 0.6) is 11.5 Å². The van der Waals surface area contributed by atoms with Crippen LogP contribution in [0.1, 0.15) is 19.4 Å². The van der Waals surface area contributed by atoms with Gasteiger partial charge in [-0.1, -0.05) is 12.1 Å². The summed E-state index contributed by atoms with van der Waals surface area (Å²) in [4.78, 5) is 27.4. The molecule has 11 heteroatoms. The molecule has 3 rings (SSSR count). The Morgan fingerprint density at radius 2 is 1.67 bits per heavy atom. The van der Waals surface area contributed by atoms with Gasteiger partial charge in [-0.2, -0.15) is 0 Å². The highest BCUT2D eigenvalue weighted by molar-refractivity contribution is 7.92. The van der Waals surface area contributed by atoms with E-state index in [4.69, 9.17) is 9.47 Å². The normalized spacial score (nSPS) is 11.8. The van der Waals surface area contributed by atoms with Crippen LogP contribution in [0.4, 0.5) is 10.1 Å². The van der Waals surface area contributed by atoms with Gasteiger partial charge in [0.1, 0.15) is 29.9 Å². The molecule has 0 saturated heterocycles. The summed E-state index contributed by atoms with van der Waals surface area (Å²) in [5.74, 6) is -0.530. The van der Waals surface area contributed by atoms with Crippen molar-refractivity contribution in [1.82, 2.24) is 10.2 Å². The molecule has 39 heavy (non-hydrogen) atoms. The van der Waals surface area contributed by atoms with Crippen LogP contribution in [0.3, 0.4) is 0 Å². The van der Waals surface area contributed by atoms with Crippen LogP contribution in [0, 0.1) is 5.82 Å². The molecule has 1 atom stereocenters. The maximum absolute atomic E-state index is 13.8. The second-order valence-corrected chi connectivity index (χ2v) is 10.4. The van der Waals surface area contributed by atoms with Crippen LogP contribution in [-0.4, -0.2) is 58.5 Å². The summed E-state index contributed by atoms with van der Waals surface area (Å²) in [5, 5.41) is 2.53. The Morgan fingerprint density at radius 3 is 2.26 bits per heavy atom. The number of likely N-dealkylation sites (N-methyl/N-ethyl adjacent to an activating group) is 1. The summed E-state index contributed by atoms with van der Waals surface area (Å²) in [6.45, 7) is 3.22. The van der Waals surface area contributed by atoms with Crippen LogP contribution in [0.25, 0.3) is 0 Å². The summed E-state index contributed by atoms with van der Waals surface area (Å²) >= 11 is 0. The average Bonchev–Trinajstić information content (AvgIpc) is 2.94. The van der Waals surface area contributed by atoms with Crippen LogP contribution in [0.15, 0.2) is 77.7 Å². The summed E-state index contributed by atoms with van der Waals surface area (Å²) in [7, 11) is -1.33. The number of carbonyl (C=O) groups is 2. The predicted octanol–water partition coefficient (Wildman–Crippen LogP) is 3.59. The van der Waals surface area contributed by atoms with Crippen molar-refractivity contribution in [2.24, 2.45) is 0 Å². The topological polar surface area (TPSA) is 105 Å². The van der Waals surface area contributed by atoms with E-state index in [9.17, 15) is 22.4 Å². The van der Waals surface area contributed by atoms with Gasteiger partial charge < -0.3 is 19.7 Å². The molecule has 2 amide bonds. The average molecular weight is 558 g/mol. The van der Waals surface area contributed by atoms with Gasteiger partial charge in [-0.05, 0) is 80.1 Å². The van der Waals surface area contributed by atoms with Crippen molar-refractivity contribution in [1.29, 1.82) is 0 Å². The second-order valence-electron chi connectivity index (χ2n) is 8.56. The molecule has 0 aliphatic heterocycles. The minimum Gasteiger partial charge on any atom is -0.497 e. The third kappa shape index (κ3) is 7.26. The fourth-order valence-corrected chi connectivity index (χ4v) is 5.31. The van der Waals surface area contributed by atoms with E-state index in [0.29, 0.717) is 23.7 Å². The molecule has 0 unspecified atom stereocenters. The van der Waals surface area contributed by atoms with Gasteiger partial charge in [0.25, 0.3) is 10.0 Å². The van der Waals surface area contributed by atoms with Crippen LogP contribution in [-0.2, 0) is 26.2 Å². The van der Waals surface area contributed by atoms with Gasteiger partial charge in [0, 0.05) is 13.6 Å². The van der Waals surface area contributed by atoms with Crippen molar-refractivity contribution >= 4 is 27.5 Å². The first-order valence-corrected chi connectivity index (χ1v) is 13.7. The van der Waals surface area contributed by atoms with E-state index in [-0.39, 0.29) is 17.1 Å². The van der Waals surface area contributed by atoms with E-state index in [1.54, 1.807) is 43.3 Å². The number of ether oxygens (including phenoxy) is 2. The van der Waals surface area contributed by atoms with E-state index >= 15 is 0 Å². The molecule has 0 radical (unpaired) electrons. The van der Waals surface area contributed by atoms with Gasteiger partial charge in [-0.15, -0.1) is 0 Å². The zero-order valence-corrected chi connectivity index (χ0v) is 23.1. The van der Waals surface area contributed by atoms with Crippen molar-refractivity contribution < 1.29 is 31.9 Å². The van der Waals surface area contributed by atoms with E-state index < -0.39 is 40.2 Å². The van der Waals surface area contributed by atoms with Crippen LogP contribution in [0.2, 0.25) is 0 Å². The number of amides is 2. The molecule has 0 aliphatic rings. The quantitative estimate of drug-likeness (QED) is 0.365. The number of methoxy groups -OCH3 is 1. The van der Waals surface area contributed by atoms with Gasteiger partial charge in [0.05, 0.1) is 24.3 Å². The summed E-state index contributed by atoms with van der Waals surface area (Å²) in [5.41, 5.74) is 0.887. The zero-order chi connectivity index (χ0) is 28.6. The first-order chi connectivity index (χ1) is 18.6. The Kier molecular flexibility index (Phi) is 9.89. The number of rotatable bonds is 12. The van der Waals surface area contributed by atoms with Crippen molar-refractivity contribution in [2.45, 2.75) is 31.3 Å². The van der Waals surface area contributed by atoms with Crippen molar-refractivity contribution in [3.8, 4) is 11.5 Å². The molecule has 208 valence electrons. The monoisotopic (exact) mass is 557 g/mol. The summed E-state index contributed by atoms with van der Waals surface area (Å²) in [6.07, 6.45) is 0. The van der Waals surface area contributed by atoms with E-state index in [1.807, 2.05) is 6.92 Å². The molecule has 0 aliphatic carbocycles. The molecule has 0 aromatic heterocycles. The lowest BCUT2D eigenvalue weighted by Gasteiger charge is -2.31. The van der Waals surface area contributed by atoms with Gasteiger partial charge in [0.15, 0.2) is 0 Å². The fourth-order valence-electron chi connectivity index (χ4n) is 3.90. The number of hydrogen-bond donors (Lipinski definition) is 1. The number of nitrogens with one attached hydrogen (secondary N) is 1. The van der Waals surface area contributed by atoms with Crippen molar-refractivity contribution in [3.63, 3.8) is 0 Å². The Labute approximate surface area is 228 Å². The maximum atomic E-state index is 13.8. The molecular formula is C28H32FN3O6S. The molecular weight excluding hydrogens is 525 g/mol. The lowest BCUT2D eigenvalue weighted by atomic mass is 10.1. The molecule has 3 aromatic carbocycles. The smallest absolute Gasteiger partial charge is 0.264 e. The highest BCUT2D eigenvalue weighted by Crippen LogP contribution is 2.27. The van der Waals surface area contributed by atoms with Gasteiger partial charge >= 0.3 is 0 Å². The number of halogens is 1. The molecule has 3 aromatic rings. The lowest BCUT2D eigenvalue weighted by Crippen LogP contribution is -2.50. The third-order valence-corrected chi connectivity index (χ3v) is 7.81. The number of sulfonamides is 1.